The zero-order valence-electron chi connectivity index (χ0n) is 11.5. The van der Waals surface area contributed by atoms with E-state index in [0.717, 1.165) is 28.7 Å². The lowest BCUT2D eigenvalue weighted by Crippen LogP contribution is -2.05. The van der Waals surface area contributed by atoms with E-state index in [1.165, 1.54) is 0 Å². The molecule has 0 radical (unpaired) electrons. The molecular weight excluding hydrogens is 336 g/mol. The van der Waals surface area contributed by atoms with Crippen LogP contribution in [0.4, 0.5) is 0 Å². The Hall–Kier alpha value is -1.27. The molecule has 0 aliphatic carbocycles. The summed E-state index contributed by atoms with van der Waals surface area (Å²) in [7, 11) is 0. The number of aromatic amines is 1. The van der Waals surface area contributed by atoms with Crippen molar-refractivity contribution in [2.24, 2.45) is 5.10 Å². The van der Waals surface area contributed by atoms with E-state index in [9.17, 15) is 0 Å². The van der Waals surface area contributed by atoms with Crippen LogP contribution in [0.15, 0.2) is 33.8 Å². The monoisotopic (exact) mass is 352 g/mol. The Morgan fingerprint density at radius 3 is 2.85 bits per heavy atom. The van der Waals surface area contributed by atoms with Crippen molar-refractivity contribution in [2.45, 2.75) is 32.6 Å². The highest BCUT2D eigenvalue weighted by atomic mass is 79.9. The number of rotatable bonds is 5. The van der Waals surface area contributed by atoms with E-state index in [0.29, 0.717) is 10.7 Å². The van der Waals surface area contributed by atoms with Gasteiger partial charge >= 0.3 is 0 Å². The van der Waals surface area contributed by atoms with Gasteiger partial charge in [0.25, 0.3) is 0 Å². The molecule has 0 saturated carbocycles. The summed E-state index contributed by atoms with van der Waals surface area (Å²) in [6, 6.07) is 7.96. The second-order valence-corrected chi connectivity index (χ2v) is 5.81. The van der Waals surface area contributed by atoms with E-state index in [-0.39, 0.29) is 0 Å². The fourth-order valence-electron chi connectivity index (χ4n) is 2.04. The zero-order chi connectivity index (χ0) is 14.5. The SMILES string of the molecule is CCC(CC)c1n[nH]c(=S)n1/N=C\c1cccc(Br)c1. The van der Waals surface area contributed by atoms with Crippen molar-refractivity contribution in [1.82, 2.24) is 14.9 Å². The lowest BCUT2D eigenvalue weighted by molar-refractivity contribution is 0.571. The maximum absolute atomic E-state index is 5.25. The highest BCUT2D eigenvalue weighted by Crippen LogP contribution is 2.21. The van der Waals surface area contributed by atoms with E-state index in [4.69, 9.17) is 12.2 Å². The third-order valence-corrected chi connectivity index (χ3v) is 3.95. The fraction of sp³-hybridized carbons (Fsp3) is 0.357. The second kappa shape index (κ2) is 6.95. The summed E-state index contributed by atoms with van der Waals surface area (Å²) in [6.07, 6.45) is 3.83. The van der Waals surface area contributed by atoms with E-state index >= 15 is 0 Å². The first-order chi connectivity index (χ1) is 9.65. The van der Waals surface area contributed by atoms with Crippen molar-refractivity contribution in [1.29, 1.82) is 0 Å². The Morgan fingerprint density at radius 1 is 1.45 bits per heavy atom. The first-order valence-corrected chi connectivity index (χ1v) is 7.83. The predicted octanol–water partition coefficient (Wildman–Crippen LogP) is 4.49. The molecular formula is C14H17BrN4S. The molecule has 1 aromatic heterocycles. The van der Waals surface area contributed by atoms with E-state index in [1.807, 2.05) is 24.3 Å². The van der Waals surface area contributed by atoms with Gasteiger partial charge in [0.15, 0.2) is 5.82 Å². The van der Waals surface area contributed by atoms with E-state index in [2.05, 4.69) is 45.1 Å². The summed E-state index contributed by atoms with van der Waals surface area (Å²) in [5.74, 6) is 1.26. The fourth-order valence-corrected chi connectivity index (χ4v) is 2.65. The smallest absolute Gasteiger partial charge is 0.216 e. The van der Waals surface area contributed by atoms with Gasteiger partial charge in [-0.25, -0.2) is 0 Å². The van der Waals surface area contributed by atoms with Gasteiger partial charge < -0.3 is 0 Å². The number of halogens is 1. The Labute approximate surface area is 132 Å². The summed E-state index contributed by atoms with van der Waals surface area (Å²) in [6.45, 7) is 4.29. The third-order valence-electron chi connectivity index (χ3n) is 3.20. The van der Waals surface area contributed by atoms with Gasteiger partial charge in [0.05, 0.1) is 6.21 Å². The van der Waals surface area contributed by atoms with Gasteiger partial charge in [-0.15, -0.1) is 0 Å². The number of hydrogen-bond acceptors (Lipinski definition) is 3. The van der Waals surface area contributed by atoms with E-state index in [1.54, 1.807) is 10.9 Å². The van der Waals surface area contributed by atoms with Crippen LogP contribution in [0.1, 0.15) is 44.0 Å². The zero-order valence-corrected chi connectivity index (χ0v) is 13.9. The molecule has 1 heterocycles. The van der Waals surface area contributed by atoms with Crippen LogP contribution in [0.5, 0.6) is 0 Å². The number of benzene rings is 1. The van der Waals surface area contributed by atoms with Crippen LogP contribution in [0.2, 0.25) is 0 Å². The second-order valence-electron chi connectivity index (χ2n) is 4.51. The Morgan fingerprint density at radius 2 is 2.20 bits per heavy atom. The molecule has 0 atom stereocenters. The summed E-state index contributed by atoms with van der Waals surface area (Å²) in [4.78, 5) is 0. The maximum Gasteiger partial charge on any atom is 0.216 e. The summed E-state index contributed by atoms with van der Waals surface area (Å²) in [5.41, 5.74) is 1.01. The Bertz CT molecular complexity index is 655. The molecule has 4 nitrogen and oxygen atoms in total. The van der Waals surface area contributed by atoms with Crippen LogP contribution < -0.4 is 0 Å². The number of nitrogens with zero attached hydrogens (tertiary/aromatic N) is 3. The van der Waals surface area contributed by atoms with Gasteiger partial charge in [-0.3, -0.25) is 5.10 Å². The Kier molecular flexibility index (Phi) is 5.25. The summed E-state index contributed by atoms with van der Waals surface area (Å²) >= 11 is 8.70. The minimum Gasteiger partial charge on any atom is -0.250 e. The van der Waals surface area contributed by atoms with Gasteiger partial charge in [-0.2, -0.15) is 14.9 Å². The molecule has 1 aromatic carbocycles. The van der Waals surface area contributed by atoms with Crippen molar-refractivity contribution in [2.75, 3.05) is 0 Å². The van der Waals surface area contributed by atoms with Crippen molar-refractivity contribution in [3.63, 3.8) is 0 Å². The lowest BCUT2D eigenvalue weighted by atomic mass is 10.0. The van der Waals surface area contributed by atoms with Crippen LogP contribution in [-0.2, 0) is 0 Å². The molecule has 1 N–H and O–H groups in total. The molecule has 2 rings (SSSR count). The molecule has 0 unspecified atom stereocenters. The average Bonchev–Trinajstić information content (AvgIpc) is 2.80. The molecule has 0 aliphatic heterocycles. The first-order valence-electron chi connectivity index (χ1n) is 6.63. The minimum atomic E-state index is 0.364. The molecule has 0 aliphatic rings. The van der Waals surface area contributed by atoms with Gasteiger partial charge in [-0.1, -0.05) is 41.9 Å². The number of hydrogen-bond donors (Lipinski definition) is 1. The highest BCUT2D eigenvalue weighted by Gasteiger charge is 2.14. The molecule has 0 amide bonds. The standard InChI is InChI=1S/C14H17BrN4S/c1-3-11(4-2)13-17-18-14(20)19(13)16-9-10-6-5-7-12(15)8-10/h5-9,11H,3-4H2,1-2H3,(H,18,20)/b16-9-. The maximum atomic E-state index is 5.25. The van der Waals surface area contributed by atoms with Crippen molar-refractivity contribution in [3.05, 3.63) is 44.9 Å². The topological polar surface area (TPSA) is 46.0 Å². The normalized spacial score (nSPS) is 11.6. The van der Waals surface area contributed by atoms with Crippen molar-refractivity contribution < 1.29 is 0 Å². The molecule has 6 heteroatoms. The van der Waals surface area contributed by atoms with Crippen LogP contribution in [-0.4, -0.2) is 21.1 Å². The molecule has 0 bridgehead atoms. The molecule has 0 fully saturated rings. The quantitative estimate of drug-likeness (QED) is 0.636. The van der Waals surface area contributed by atoms with E-state index < -0.39 is 0 Å². The Balaban J connectivity index is 2.34. The minimum absolute atomic E-state index is 0.364. The lowest BCUT2D eigenvalue weighted by Gasteiger charge is -2.10. The predicted molar refractivity (Wildman–Crippen MR) is 87.9 cm³/mol. The van der Waals surface area contributed by atoms with Gasteiger partial charge in [0.1, 0.15) is 0 Å². The summed E-state index contributed by atoms with van der Waals surface area (Å²) < 4.78 is 3.27. The average molecular weight is 353 g/mol. The molecule has 2 aromatic rings. The van der Waals surface area contributed by atoms with Crippen LogP contribution in [0, 0.1) is 4.77 Å². The number of aromatic nitrogens is 3. The van der Waals surface area contributed by atoms with Crippen LogP contribution >= 0.6 is 28.1 Å². The summed E-state index contributed by atoms with van der Waals surface area (Å²) in [5, 5.41) is 11.6. The molecule has 0 spiro atoms. The van der Waals surface area contributed by atoms with Gasteiger partial charge in [0, 0.05) is 10.4 Å². The number of nitrogens with one attached hydrogen (secondary N) is 1. The number of H-pyrrole nitrogens is 1. The van der Waals surface area contributed by atoms with Crippen LogP contribution in [0.3, 0.4) is 0 Å². The molecule has 106 valence electrons. The molecule has 0 saturated heterocycles. The largest absolute Gasteiger partial charge is 0.250 e. The highest BCUT2D eigenvalue weighted by molar-refractivity contribution is 9.10. The van der Waals surface area contributed by atoms with Crippen molar-refractivity contribution >= 4 is 34.4 Å². The van der Waals surface area contributed by atoms with Crippen LogP contribution in [0.25, 0.3) is 0 Å². The third kappa shape index (κ3) is 3.43. The van der Waals surface area contributed by atoms with Gasteiger partial charge in [0.2, 0.25) is 4.77 Å². The first kappa shape index (κ1) is 15.1. The van der Waals surface area contributed by atoms with Gasteiger partial charge in [-0.05, 0) is 42.8 Å². The molecule has 20 heavy (non-hydrogen) atoms. The van der Waals surface area contributed by atoms with Crippen molar-refractivity contribution in [3.8, 4) is 0 Å².